The third-order valence-electron chi connectivity index (χ3n) is 6.18. The van der Waals surface area contributed by atoms with Gasteiger partial charge in [0.1, 0.15) is 5.72 Å². The van der Waals surface area contributed by atoms with E-state index in [1.54, 1.807) is 6.92 Å². The molecular weight excluding hydrogens is 300 g/mol. The van der Waals surface area contributed by atoms with Crippen molar-refractivity contribution in [2.45, 2.75) is 103 Å². The molecule has 0 radical (unpaired) electrons. The van der Waals surface area contributed by atoms with Gasteiger partial charge in [0.15, 0.2) is 0 Å². The maximum atomic E-state index is 11.2. The largest absolute Gasteiger partial charge is 0.389 e. The van der Waals surface area contributed by atoms with Crippen LogP contribution < -0.4 is 0 Å². The second-order valence-electron chi connectivity index (χ2n) is 8.02. The number of hydrogen-bond donors (Lipinski definition) is 2. The van der Waals surface area contributed by atoms with E-state index in [0.717, 1.165) is 32.4 Å². The molecule has 0 aromatic carbocycles. The molecule has 0 saturated carbocycles. The van der Waals surface area contributed by atoms with E-state index in [0.29, 0.717) is 18.5 Å². The summed E-state index contributed by atoms with van der Waals surface area (Å²) >= 11 is 0. The summed E-state index contributed by atoms with van der Waals surface area (Å²) in [5.74, 6) is 0. The first-order valence-corrected chi connectivity index (χ1v) is 9.97. The summed E-state index contributed by atoms with van der Waals surface area (Å²) in [5, 5.41) is 21.5. The normalized spacial score (nSPS) is 30.9. The Kier molecular flexibility index (Phi) is 7.14. The van der Waals surface area contributed by atoms with Crippen LogP contribution in [0.5, 0.6) is 0 Å². The van der Waals surface area contributed by atoms with Gasteiger partial charge in [-0.25, -0.2) is 0 Å². The van der Waals surface area contributed by atoms with Gasteiger partial charge in [-0.15, -0.1) is 0 Å². The van der Waals surface area contributed by atoms with E-state index in [1.165, 1.54) is 31.4 Å². The Morgan fingerprint density at radius 2 is 1.75 bits per heavy atom. The van der Waals surface area contributed by atoms with Crippen LogP contribution in [0.2, 0.25) is 0 Å². The minimum Gasteiger partial charge on any atom is -0.389 e. The Balaban J connectivity index is 1.99. The topological polar surface area (TPSA) is 46.9 Å². The van der Waals surface area contributed by atoms with Crippen molar-refractivity contribution in [2.24, 2.45) is 0 Å². The van der Waals surface area contributed by atoms with Gasteiger partial charge in [-0.3, -0.25) is 4.90 Å². The number of likely N-dealkylation sites (tertiary alicyclic amines) is 2. The molecule has 2 saturated heterocycles. The number of piperidine rings is 2. The fourth-order valence-corrected chi connectivity index (χ4v) is 4.50. The number of allylic oxidation sites excluding steroid dienone is 2. The molecule has 0 aliphatic carbocycles. The standard InChI is InChI=1S/C20H38N2O2/c1-16-10-5-7-14-21(16)17(2)12-9-13-20(24,19(4)23)22-15-8-6-11-18(22)3/h12,16,18-19,23-24H,5-11,13-15H2,1-4H3/b17-12-. The zero-order valence-electron chi connectivity index (χ0n) is 16.2. The van der Waals surface area contributed by atoms with Crippen molar-refractivity contribution >= 4 is 0 Å². The Labute approximate surface area is 148 Å². The van der Waals surface area contributed by atoms with Crippen LogP contribution in [0, 0.1) is 0 Å². The summed E-state index contributed by atoms with van der Waals surface area (Å²) in [5.41, 5.74) is 0.214. The number of nitrogens with zero attached hydrogens (tertiary/aromatic N) is 2. The van der Waals surface area contributed by atoms with Gasteiger partial charge < -0.3 is 15.1 Å². The molecule has 2 fully saturated rings. The molecule has 4 unspecified atom stereocenters. The van der Waals surface area contributed by atoms with Gasteiger partial charge in [0.25, 0.3) is 0 Å². The average molecular weight is 339 g/mol. The van der Waals surface area contributed by atoms with Gasteiger partial charge in [0, 0.05) is 30.9 Å². The molecule has 0 amide bonds. The molecule has 2 rings (SSSR count). The SMILES string of the molecule is C/C(=C/CCC(O)(C(C)O)N1CCCCC1C)N1CCCCC1C. The second kappa shape index (κ2) is 8.68. The van der Waals surface area contributed by atoms with Gasteiger partial charge >= 0.3 is 0 Å². The van der Waals surface area contributed by atoms with Crippen LogP contribution >= 0.6 is 0 Å². The molecule has 2 heterocycles. The van der Waals surface area contributed by atoms with E-state index in [4.69, 9.17) is 0 Å². The van der Waals surface area contributed by atoms with Crippen LogP contribution in [0.15, 0.2) is 11.8 Å². The van der Waals surface area contributed by atoms with Crippen LogP contribution in [-0.2, 0) is 0 Å². The van der Waals surface area contributed by atoms with Gasteiger partial charge in [-0.05, 0) is 72.6 Å². The third-order valence-corrected chi connectivity index (χ3v) is 6.18. The maximum Gasteiger partial charge on any atom is 0.144 e. The predicted octanol–water partition coefficient (Wildman–Crippen LogP) is 3.49. The number of aliphatic hydroxyl groups is 2. The van der Waals surface area contributed by atoms with E-state index in [1.807, 2.05) is 0 Å². The number of aliphatic hydroxyl groups excluding tert-OH is 1. The second-order valence-corrected chi connectivity index (χ2v) is 8.02. The fourth-order valence-electron chi connectivity index (χ4n) is 4.50. The van der Waals surface area contributed by atoms with Gasteiger partial charge in [0.05, 0.1) is 6.10 Å². The zero-order valence-corrected chi connectivity index (χ0v) is 16.2. The Bertz CT molecular complexity index is 424. The number of rotatable bonds is 6. The lowest BCUT2D eigenvalue weighted by atomic mass is 9.92. The summed E-state index contributed by atoms with van der Waals surface area (Å²) < 4.78 is 0. The summed E-state index contributed by atoms with van der Waals surface area (Å²) in [4.78, 5) is 4.63. The maximum absolute atomic E-state index is 11.2. The third kappa shape index (κ3) is 4.53. The molecule has 0 bridgehead atoms. The highest BCUT2D eigenvalue weighted by Crippen LogP contribution is 2.31. The van der Waals surface area contributed by atoms with Crippen LogP contribution in [0.25, 0.3) is 0 Å². The minimum absolute atomic E-state index is 0.338. The minimum atomic E-state index is -1.11. The highest BCUT2D eigenvalue weighted by atomic mass is 16.4. The first-order valence-electron chi connectivity index (χ1n) is 9.97. The first-order chi connectivity index (χ1) is 11.4. The smallest absolute Gasteiger partial charge is 0.144 e. The van der Waals surface area contributed by atoms with E-state index >= 15 is 0 Å². The average Bonchev–Trinajstić information content (AvgIpc) is 2.55. The summed E-state index contributed by atoms with van der Waals surface area (Å²) in [6.45, 7) is 10.4. The van der Waals surface area contributed by atoms with Gasteiger partial charge in [-0.1, -0.05) is 12.5 Å². The monoisotopic (exact) mass is 338 g/mol. The fraction of sp³-hybridized carbons (Fsp3) is 0.900. The molecule has 4 heteroatoms. The van der Waals surface area contributed by atoms with Crippen molar-refractivity contribution in [2.75, 3.05) is 13.1 Å². The van der Waals surface area contributed by atoms with Crippen molar-refractivity contribution in [3.8, 4) is 0 Å². The van der Waals surface area contributed by atoms with Gasteiger partial charge in [-0.2, -0.15) is 0 Å². The van der Waals surface area contributed by atoms with Crippen LogP contribution in [0.4, 0.5) is 0 Å². The predicted molar refractivity (Wildman–Crippen MR) is 99.7 cm³/mol. The first kappa shape index (κ1) is 19.7. The lowest BCUT2D eigenvalue weighted by molar-refractivity contribution is -0.196. The molecule has 4 atom stereocenters. The Hall–Kier alpha value is -0.580. The molecular formula is C20H38N2O2. The van der Waals surface area contributed by atoms with E-state index in [2.05, 4.69) is 36.6 Å². The summed E-state index contributed by atoms with van der Waals surface area (Å²) in [6, 6.07) is 0.957. The van der Waals surface area contributed by atoms with Crippen molar-refractivity contribution in [1.82, 2.24) is 9.80 Å². The van der Waals surface area contributed by atoms with Crippen molar-refractivity contribution < 1.29 is 10.2 Å². The molecule has 140 valence electrons. The molecule has 4 nitrogen and oxygen atoms in total. The van der Waals surface area contributed by atoms with Crippen molar-refractivity contribution in [3.63, 3.8) is 0 Å². The van der Waals surface area contributed by atoms with E-state index in [-0.39, 0.29) is 0 Å². The lowest BCUT2D eigenvalue weighted by Gasteiger charge is -2.47. The molecule has 24 heavy (non-hydrogen) atoms. The summed E-state index contributed by atoms with van der Waals surface area (Å²) in [7, 11) is 0. The molecule has 2 aliphatic rings. The molecule has 0 spiro atoms. The highest BCUT2D eigenvalue weighted by Gasteiger charge is 2.41. The van der Waals surface area contributed by atoms with Crippen LogP contribution in [0.3, 0.4) is 0 Å². The van der Waals surface area contributed by atoms with E-state index < -0.39 is 11.8 Å². The summed E-state index contributed by atoms with van der Waals surface area (Å²) in [6.07, 6.45) is 10.2. The van der Waals surface area contributed by atoms with Crippen LogP contribution in [0.1, 0.15) is 79.1 Å². The quantitative estimate of drug-likeness (QED) is 0.778. The molecule has 2 aliphatic heterocycles. The van der Waals surface area contributed by atoms with E-state index in [9.17, 15) is 10.2 Å². The number of hydrogen-bond acceptors (Lipinski definition) is 4. The lowest BCUT2D eigenvalue weighted by Crippen LogP contribution is -2.60. The Morgan fingerprint density at radius 1 is 1.12 bits per heavy atom. The highest BCUT2D eigenvalue weighted by molar-refractivity contribution is 5.02. The van der Waals surface area contributed by atoms with Crippen molar-refractivity contribution in [3.05, 3.63) is 11.8 Å². The van der Waals surface area contributed by atoms with Crippen molar-refractivity contribution in [1.29, 1.82) is 0 Å². The van der Waals surface area contributed by atoms with Gasteiger partial charge in [0.2, 0.25) is 0 Å². The zero-order chi connectivity index (χ0) is 17.7. The Morgan fingerprint density at radius 3 is 2.33 bits per heavy atom. The van der Waals surface area contributed by atoms with Crippen LogP contribution in [-0.4, -0.2) is 57.0 Å². The molecule has 0 aromatic rings. The molecule has 2 N–H and O–H groups in total. The molecule has 0 aromatic heterocycles.